The van der Waals surface area contributed by atoms with Gasteiger partial charge in [-0.3, -0.25) is 4.79 Å². The van der Waals surface area contributed by atoms with Gasteiger partial charge in [-0.15, -0.1) is 10.2 Å². The Balaban J connectivity index is 2.47. The minimum atomic E-state index is -0.240. The molecule has 0 fully saturated rings. The lowest BCUT2D eigenvalue weighted by atomic mass is 10.2. The van der Waals surface area contributed by atoms with Crippen LogP contribution in [-0.4, -0.2) is 26.4 Å². The molecular formula is C11H21N5OS. The van der Waals surface area contributed by atoms with Gasteiger partial charge < -0.3 is 16.0 Å². The summed E-state index contributed by atoms with van der Waals surface area (Å²) in [6, 6.07) is 0.298. The molecule has 1 rings (SSSR count). The van der Waals surface area contributed by atoms with Crippen molar-refractivity contribution in [1.82, 2.24) is 14.8 Å². The van der Waals surface area contributed by atoms with Gasteiger partial charge in [0.1, 0.15) is 5.82 Å². The molecule has 0 aliphatic carbocycles. The quantitative estimate of drug-likeness (QED) is 0.544. The van der Waals surface area contributed by atoms with Gasteiger partial charge in [-0.25, -0.2) is 0 Å². The summed E-state index contributed by atoms with van der Waals surface area (Å²) in [4.78, 5) is 10.6. The molecule has 0 atom stereocenters. The van der Waals surface area contributed by atoms with Gasteiger partial charge in [0.2, 0.25) is 5.91 Å². The van der Waals surface area contributed by atoms with Crippen LogP contribution >= 0.6 is 11.8 Å². The summed E-state index contributed by atoms with van der Waals surface area (Å²) in [7, 11) is 0. The Hall–Kier alpha value is -1.08. The van der Waals surface area contributed by atoms with Crippen molar-refractivity contribution in [2.45, 2.75) is 50.9 Å². The summed E-state index contributed by atoms with van der Waals surface area (Å²) >= 11 is 1.64. The van der Waals surface area contributed by atoms with Gasteiger partial charge in [-0.1, -0.05) is 11.8 Å². The first-order valence-electron chi connectivity index (χ1n) is 6.11. The first-order valence-corrected chi connectivity index (χ1v) is 7.09. The molecule has 1 aromatic rings. The van der Waals surface area contributed by atoms with Crippen LogP contribution in [0.3, 0.4) is 0 Å². The van der Waals surface area contributed by atoms with Crippen molar-refractivity contribution in [2.24, 2.45) is 11.5 Å². The van der Waals surface area contributed by atoms with E-state index in [1.807, 2.05) is 0 Å². The predicted molar refractivity (Wildman–Crippen MR) is 72.1 cm³/mol. The molecule has 1 heterocycles. The van der Waals surface area contributed by atoms with E-state index in [9.17, 15) is 4.79 Å². The SMILES string of the molecule is CC(C)n1c(CN)nnc1SCCCCC(N)=O. The Morgan fingerprint density at radius 1 is 1.39 bits per heavy atom. The van der Waals surface area contributed by atoms with E-state index in [1.54, 1.807) is 11.8 Å². The lowest BCUT2D eigenvalue weighted by molar-refractivity contribution is -0.118. The normalized spacial score (nSPS) is 11.1. The van der Waals surface area contributed by atoms with Gasteiger partial charge in [-0.05, 0) is 26.7 Å². The zero-order chi connectivity index (χ0) is 13.5. The second kappa shape index (κ2) is 7.38. The van der Waals surface area contributed by atoms with E-state index in [4.69, 9.17) is 11.5 Å². The molecule has 0 unspecified atom stereocenters. The fourth-order valence-corrected chi connectivity index (χ4v) is 2.71. The maximum absolute atomic E-state index is 10.6. The Labute approximate surface area is 112 Å². The van der Waals surface area contributed by atoms with Crippen molar-refractivity contribution < 1.29 is 4.79 Å². The van der Waals surface area contributed by atoms with Gasteiger partial charge in [0.25, 0.3) is 0 Å². The third kappa shape index (κ3) is 4.30. The number of nitrogens with two attached hydrogens (primary N) is 2. The van der Waals surface area contributed by atoms with E-state index in [1.165, 1.54) is 0 Å². The molecule has 0 saturated heterocycles. The van der Waals surface area contributed by atoms with E-state index >= 15 is 0 Å². The molecule has 1 amide bonds. The van der Waals surface area contributed by atoms with Crippen molar-refractivity contribution in [3.05, 3.63) is 5.82 Å². The summed E-state index contributed by atoms with van der Waals surface area (Å²) in [5.74, 6) is 1.48. The third-order valence-corrected chi connectivity index (χ3v) is 3.51. The lowest BCUT2D eigenvalue weighted by Crippen LogP contribution is -2.11. The number of unbranched alkanes of at least 4 members (excludes halogenated alkanes) is 1. The number of primary amides is 1. The number of aromatic nitrogens is 3. The van der Waals surface area contributed by atoms with Crippen molar-refractivity contribution in [2.75, 3.05) is 5.75 Å². The number of amides is 1. The molecule has 0 radical (unpaired) electrons. The zero-order valence-electron chi connectivity index (χ0n) is 10.9. The minimum Gasteiger partial charge on any atom is -0.370 e. The predicted octanol–water partition coefficient (Wildman–Crippen LogP) is 1.07. The molecule has 6 nitrogen and oxygen atoms in total. The van der Waals surface area contributed by atoms with Crippen LogP contribution in [0.4, 0.5) is 0 Å². The number of hydrogen-bond acceptors (Lipinski definition) is 5. The second-order valence-corrected chi connectivity index (χ2v) is 5.40. The first-order chi connectivity index (χ1) is 8.56. The van der Waals surface area contributed by atoms with Gasteiger partial charge >= 0.3 is 0 Å². The van der Waals surface area contributed by atoms with E-state index in [0.29, 0.717) is 19.0 Å². The highest BCUT2D eigenvalue weighted by Gasteiger charge is 2.13. The number of rotatable bonds is 8. The Morgan fingerprint density at radius 2 is 2.11 bits per heavy atom. The maximum atomic E-state index is 10.6. The summed E-state index contributed by atoms with van der Waals surface area (Å²) in [6.07, 6.45) is 2.21. The summed E-state index contributed by atoms with van der Waals surface area (Å²) < 4.78 is 2.05. The highest BCUT2D eigenvalue weighted by molar-refractivity contribution is 7.99. The summed E-state index contributed by atoms with van der Waals surface area (Å²) in [5, 5.41) is 9.11. The highest BCUT2D eigenvalue weighted by Crippen LogP contribution is 2.22. The van der Waals surface area contributed by atoms with Crippen LogP contribution in [0, 0.1) is 0 Å². The van der Waals surface area contributed by atoms with Crippen molar-refractivity contribution in [3.8, 4) is 0 Å². The molecule has 18 heavy (non-hydrogen) atoms. The van der Waals surface area contributed by atoms with Gasteiger partial charge in [0.05, 0.1) is 6.54 Å². The molecule has 7 heteroatoms. The molecule has 1 aromatic heterocycles. The van der Waals surface area contributed by atoms with Crippen molar-refractivity contribution in [1.29, 1.82) is 0 Å². The molecular weight excluding hydrogens is 250 g/mol. The smallest absolute Gasteiger partial charge is 0.217 e. The van der Waals surface area contributed by atoms with Crippen LogP contribution in [-0.2, 0) is 11.3 Å². The molecule has 4 N–H and O–H groups in total. The average molecular weight is 271 g/mol. The number of hydrogen-bond donors (Lipinski definition) is 2. The van der Waals surface area contributed by atoms with E-state index in [2.05, 4.69) is 28.6 Å². The first kappa shape index (κ1) is 15.0. The van der Waals surface area contributed by atoms with Crippen molar-refractivity contribution >= 4 is 17.7 Å². The number of nitrogens with zero attached hydrogens (tertiary/aromatic N) is 3. The van der Waals surface area contributed by atoms with Crippen LogP contribution in [0.15, 0.2) is 5.16 Å². The van der Waals surface area contributed by atoms with E-state index in [-0.39, 0.29) is 5.91 Å². The van der Waals surface area contributed by atoms with Crippen LogP contribution in [0.2, 0.25) is 0 Å². The molecule has 0 saturated carbocycles. The average Bonchev–Trinajstić information content (AvgIpc) is 2.71. The largest absolute Gasteiger partial charge is 0.370 e. The number of carbonyl (C=O) groups is 1. The van der Waals surface area contributed by atoms with Crippen molar-refractivity contribution in [3.63, 3.8) is 0 Å². The Morgan fingerprint density at radius 3 is 2.67 bits per heavy atom. The molecule has 102 valence electrons. The van der Waals surface area contributed by atoms with Gasteiger partial charge in [0, 0.05) is 18.2 Å². The topological polar surface area (TPSA) is 99.8 Å². The highest BCUT2D eigenvalue weighted by atomic mass is 32.2. The Bertz CT molecular complexity index is 391. The zero-order valence-corrected chi connectivity index (χ0v) is 11.7. The lowest BCUT2D eigenvalue weighted by Gasteiger charge is -2.12. The fourth-order valence-electron chi connectivity index (χ4n) is 1.63. The Kier molecular flexibility index (Phi) is 6.14. The molecule has 0 spiro atoms. The minimum absolute atomic E-state index is 0.240. The van der Waals surface area contributed by atoms with Gasteiger partial charge in [-0.2, -0.15) is 0 Å². The monoisotopic (exact) mass is 271 g/mol. The molecule has 0 aliphatic rings. The number of thioether (sulfide) groups is 1. The fraction of sp³-hybridized carbons (Fsp3) is 0.727. The second-order valence-electron chi connectivity index (χ2n) is 4.34. The van der Waals surface area contributed by atoms with E-state index < -0.39 is 0 Å². The number of carbonyl (C=O) groups excluding carboxylic acids is 1. The molecule has 0 bridgehead atoms. The van der Waals surface area contributed by atoms with Crippen LogP contribution in [0.1, 0.15) is 45.0 Å². The van der Waals surface area contributed by atoms with Crippen LogP contribution in [0.25, 0.3) is 0 Å². The van der Waals surface area contributed by atoms with E-state index in [0.717, 1.165) is 29.6 Å². The van der Waals surface area contributed by atoms with Gasteiger partial charge in [0.15, 0.2) is 5.16 Å². The van der Waals surface area contributed by atoms with Crippen LogP contribution < -0.4 is 11.5 Å². The van der Waals surface area contributed by atoms with Crippen LogP contribution in [0.5, 0.6) is 0 Å². The molecule has 0 aliphatic heterocycles. The summed E-state index contributed by atoms with van der Waals surface area (Å²) in [6.45, 7) is 4.56. The standard InChI is InChI=1S/C11H21N5OS/c1-8(2)16-10(7-12)14-15-11(16)18-6-4-3-5-9(13)17/h8H,3-7,12H2,1-2H3,(H2,13,17). The summed E-state index contributed by atoms with van der Waals surface area (Å²) in [5.41, 5.74) is 10.7. The third-order valence-electron chi connectivity index (χ3n) is 2.48. The molecule has 0 aromatic carbocycles. The maximum Gasteiger partial charge on any atom is 0.217 e.